The molecule has 0 heterocycles. The summed E-state index contributed by atoms with van der Waals surface area (Å²) < 4.78 is 35.3. The van der Waals surface area contributed by atoms with Gasteiger partial charge in [-0.05, 0) is 151 Å². The Morgan fingerprint density at radius 1 is 0.425 bits per heavy atom. The highest BCUT2D eigenvalue weighted by Crippen LogP contribution is 2.64. The molecule has 428 valence electrons. The minimum atomic E-state index is -0.374. The molecule has 11 nitrogen and oxygen atoms in total. The molecule has 0 saturated heterocycles. The van der Waals surface area contributed by atoms with E-state index in [2.05, 4.69) is 53.4 Å². The smallest absolute Gasteiger partial charge is 0.305 e. The summed E-state index contributed by atoms with van der Waals surface area (Å²) in [5.74, 6) is 0.0293. The molecule has 4 unspecified atom stereocenters. The van der Waals surface area contributed by atoms with Crippen molar-refractivity contribution in [2.75, 3.05) is 59.3 Å². The lowest BCUT2D eigenvalue weighted by Gasteiger charge is -2.58. The van der Waals surface area contributed by atoms with Crippen LogP contribution >= 0.6 is 0 Å². The molecule has 4 atom stereocenters. The maximum atomic E-state index is 13.2. The minimum absolute atomic E-state index is 0.0844. The Balaban J connectivity index is 1.92. The molecule has 0 amide bonds. The number of nitrogens with zero attached hydrogens (tertiary/aromatic N) is 1. The van der Waals surface area contributed by atoms with Crippen LogP contribution in [0.4, 0.5) is 0 Å². The van der Waals surface area contributed by atoms with Gasteiger partial charge in [-0.15, -0.1) is 0 Å². The predicted octanol–water partition coefficient (Wildman–Crippen LogP) is 16.0. The number of hydrogen-bond acceptors (Lipinski definition) is 11. The monoisotopic (exact) mass is 1030 g/mol. The average molecular weight is 1030 g/mol. The summed E-state index contributed by atoms with van der Waals surface area (Å²) in [6, 6.07) is 0. The fourth-order valence-electron chi connectivity index (χ4n) is 12.6. The number of carbonyl (C=O) groups excluding carboxylic acids is 4. The predicted molar refractivity (Wildman–Crippen MR) is 297 cm³/mol. The van der Waals surface area contributed by atoms with Crippen molar-refractivity contribution in [2.45, 2.75) is 292 Å². The SMILES string of the molecule is CCCCCCCCOC(CCC(=O)OCCCC12CC(CC(C)(CCCOC(=O)CCCCOC(=O)CCCCCCCC)C1)CC(C)(CCCOC(=O)CCCN(CC)CC)C2)OCCCCCCCC. The molecule has 0 spiro atoms. The molecule has 0 aromatic heterocycles. The first-order chi connectivity index (χ1) is 35.3. The minimum Gasteiger partial charge on any atom is -0.466 e. The highest BCUT2D eigenvalue weighted by molar-refractivity contribution is 5.70. The summed E-state index contributed by atoms with van der Waals surface area (Å²) in [4.78, 5) is 53.0. The zero-order valence-electron chi connectivity index (χ0n) is 48.7. The molecule has 2 fully saturated rings. The van der Waals surface area contributed by atoms with Gasteiger partial charge in [0.05, 0.1) is 32.8 Å². The molecule has 73 heavy (non-hydrogen) atoms. The molecule has 2 aliphatic rings. The molecule has 2 aliphatic carbocycles. The topological polar surface area (TPSA) is 127 Å². The lowest BCUT2D eigenvalue weighted by atomic mass is 9.47. The fraction of sp³-hybridized carbons (Fsp3) is 0.935. The third-order valence-corrected chi connectivity index (χ3v) is 16.1. The molecule has 0 aliphatic heterocycles. The summed E-state index contributed by atoms with van der Waals surface area (Å²) in [6.07, 6.45) is 36.6. The maximum absolute atomic E-state index is 13.2. The Labute approximate surface area is 448 Å². The van der Waals surface area contributed by atoms with Crippen molar-refractivity contribution >= 4 is 23.9 Å². The number of fused-ring (bicyclic) bond motifs is 2. The van der Waals surface area contributed by atoms with E-state index in [0.717, 1.165) is 122 Å². The van der Waals surface area contributed by atoms with Crippen LogP contribution in [-0.2, 0) is 47.6 Å². The molecule has 0 radical (unpaired) electrons. The summed E-state index contributed by atoms with van der Waals surface area (Å²) in [5, 5.41) is 0. The average Bonchev–Trinajstić information content (AvgIpc) is 3.35. The molecule has 2 saturated carbocycles. The Hall–Kier alpha value is -2.24. The molecule has 11 heteroatoms. The van der Waals surface area contributed by atoms with E-state index < -0.39 is 0 Å². The van der Waals surface area contributed by atoms with Crippen molar-refractivity contribution in [1.82, 2.24) is 4.90 Å². The largest absolute Gasteiger partial charge is 0.466 e. The van der Waals surface area contributed by atoms with Crippen LogP contribution in [-0.4, -0.2) is 94.3 Å². The van der Waals surface area contributed by atoms with Gasteiger partial charge in [-0.2, -0.15) is 0 Å². The van der Waals surface area contributed by atoms with Gasteiger partial charge < -0.3 is 33.3 Å². The van der Waals surface area contributed by atoms with Crippen LogP contribution < -0.4 is 0 Å². The summed E-state index contributed by atoms with van der Waals surface area (Å²) in [5.41, 5.74) is 0.415. The Bertz CT molecular complexity index is 1390. The van der Waals surface area contributed by atoms with E-state index in [4.69, 9.17) is 28.4 Å². The fourth-order valence-corrected chi connectivity index (χ4v) is 12.6. The van der Waals surface area contributed by atoms with Gasteiger partial charge in [-0.25, -0.2) is 0 Å². The van der Waals surface area contributed by atoms with Gasteiger partial charge in [0, 0.05) is 38.9 Å². The molecule has 0 aromatic carbocycles. The second-order valence-corrected chi connectivity index (χ2v) is 23.5. The second kappa shape index (κ2) is 41.9. The Kier molecular flexibility index (Phi) is 38.3. The zero-order valence-corrected chi connectivity index (χ0v) is 48.7. The molecule has 0 aromatic rings. The summed E-state index contributed by atoms with van der Waals surface area (Å²) in [6.45, 7) is 21.9. The van der Waals surface area contributed by atoms with Gasteiger partial charge in [0.15, 0.2) is 6.29 Å². The molecule has 2 rings (SSSR count). The lowest BCUT2D eigenvalue weighted by molar-refractivity contribution is -0.159. The van der Waals surface area contributed by atoms with Crippen molar-refractivity contribution in [1.29, 1.82) is 0 Å². The van der Waals surface area contributed by atoms with Crippen LogP contribution in [0.2, 0.25) is 0 Å². The number of hydrogen-bond donors (Lipinski definition) is 0. The zero-order chi connectivity index (χ0) is 53.3. The normalized spacial score (nSPS) is 20.6. The van der Waals surface area contributed by atoms with E-state index in [1.807, 2.05) is 0 Å². The van der Waals surface area contributed by atoms with Crippen LogP contribution in [0, 0.1) is 22.2 Å². The Morgan fingerprint density at radius 2 is 0.795 bits per heavy atom. The van der Waals surface area contributed by atoms with Crippen molar-refractivity contribution in [2.24, 2.45) is 22.2 Å². The van der Waals surface area contributed by atoms with Crippen molar-refractivity contribution in [3.63, 3.8) is 0 Å². The van der Waals surface area contributed by atoms with Gasteiger partial charge in [0.25, 0.3) is 0 Å². The van der Waals surface area contributed by atoms with E-state index in [-0.39, 0.29) is 46.4 Å². The molecule has 0 N–H and O–H groups in total. The number of rotatable bonds is 49. The number of esters is 4. The van der Waals surface area contributed by atoms with E-state index >= 15 is 0 Å². The summed E-state index contributed by atoms with van der Waals surface area (Å²) in [7, 11) is 0. The van der Waals surface area contributed by atoms with E-state index in [9.17, 15) is 19.2 Å². The van der Waals surface area contributed by atoms with Crippen molar-refractivity contribution in [3.8, 4) is 0 Å². The number of carbonyl (C=O) groups is 4. The third kappa shape index (κ3) is 33.5. The van der Waals surface area contributed by atoms with E-state index in [0.29, 0.717) is 90.5 Å². The number of unbranched alkanes of at least 4 members (excludes halogenated alkanes) is 16. The third-order valence-electron chi connectivity index (χ3n) is 16.1. The second-order valence-electron chi connectivity index (χ2n) is 23.5. The maximum Gasteiger partial charge on any atom is 0.305 e. The first kappa shape index (κ1) is 66.9. The van der Waals surface area contributed by atoms with Gasteiger partial charge in [0.2, 0.25) is 0 Å². The lowest BCUT2D eigenvalue weighted by Crippen LogP contribution is -2.47. The van der Waals surface area contributed by atoms with Gasteiger partial charge in [0.1, 0.15) is 0 Å². The van der Waals surface area contributed by atoms with E-state index in [1.54, 1.807) is 0 Å². The quantitative estimate of drug-likeness (QED) is 0.0250. The van der Waals surface area contributed by atoms with Gasteiger partial charge in [-0.3, -0.25) is 19.2 Å². The van der Waals surface area contributed by atoms with Crippen LogP contribution in [0.15, 0.2) is 0 Å². The highest BCUT2D eigenvalue weighted by atomic mass is 16.7. The van der Waals surface area contributed by atoms with Crippen LogP contribution in [0.5, 0.6) is 0 Å². The first-order valence-corrected chi connectivity index (χ1v) is 30.9. The van der Waals surface area contributed by atoms with Gasteiger partial charge >= 0.3 is 23.9 Å². The highest BCUT2D eigenvalue weighted by Gasteiger charge is 2.52. The Morgan fingerprint density at radius 3 is 1.26 bits per heavy atom. The molecule has 2 bridgehead atoms. The van der Waals surface area contributed by atoms with Crippen LogP contribution in [0.25, 0.3) is 0 Å². The molecular formula is C62H115NO10. The number of ether oxygens (including phenoxy) is 6. The first-order valence-electron chi connectivity index (χ1n) is 30.9. The molecular weight excluding hydrogens is 919 g/mol. The van der Waals surface area contributed by atoms with Crippen molar-refractivity contribution in [3.05, 3.63) is 0 Å². The van der Waals surface area contributed by atoms with E-state index in [1.165, 1.54) is 89.9 Å². The summed E-state index contributed by atoms with van der Waals surface area (Å²) >= 11 is 0. The van der Waals surface area contributed by atoms with Crippen LogP contribution in [0.3, 0.4) is 0 Å². The van der Waals surface area contributed by atoms with Gasteiger partial charge in [-0.1, -0.05) is 145 Å². The van der Waals surface area contributed by atoms with Crippen molar-refractivity contribution < 1.29 is 47.6 Å². The van der Waals surface area contributed by atoms with Crippen LogP contribution in [0.1, 0.15) is 286 Å². The standard InChI is InChI=1S/C62H115NO10/c1-8-13-16-19-22-25-34-55(64)68-43-29-26-35-56(65)69-46-31-39-60(6)49-54-50-61(7,40-32-47-70-57(66)36-30-42-63(11-4)12-5)53-62(51-54,52-60)41-33-48-71-58(67)37-38-59(72-44-27-23-20-17-14-9-2)73-45-28-24-21-18-15-10-3/h54,59H,8-53H2,1-7H3.